The Morgan fingerprint density at radius 2 is 1.74 bits per heavy atom. The lowest BCUT2D eigenvalue weighted by Gasteiger charge is -2.29. The van der Waals surface area contributed by atoms with E-state index in [2.05, 4.69) is 44.6 Å². The van der Waals surface area contributed by atoms with Crippen molar-refractivity contribution in [3.8, 4) is 22.8 Å². The third kappa shape index (κ3) is 5.22. The Morgan fingerprint density at radius 3 is 2.43 bits per heavy atom. The normalized spacial score (nSPS) is 14.3. The number of nitrogens with zero attached hydrogens (tertiary/aromatic N) is 5. The van der Waals surface area contributed by atoms with Gasteiger partial charge in [0.05, 0.1) is 43.3 Å². The standard InChI is InChI=1S/C27H32N6O2/c1-32-18-20(16-30-32)27-17-29-25-5-4-21(14-26(25)31-27)33(11-8-19-6-9-28-10-7-19)22-12-23(34-2)15-24(13-22)35-3/h4-5,12-19,28H,6-11H2,1-3H3. The first-order valence-electron chi connectivity index (χ1n) is 12.1. The van der Waals surface area contributed by atoms with Crippen molar-refractivity contribution in [3.05, 3.63) is 55.0 Å². The van der Waals surface area contributed by atoms with Crippen LogP contribution in [-0.4, -0.2) is 53.6 Å². The van der Waals surface area contributed by atoms with Crippen LogP contribution in [-0.2, 0) is 7.05 Å². The zero-order valence-corrected chi connectivity index (χ0v) is 20.6. The van der Waals surface area contributed by atoms with Crippen LogP contribution in [0.5, 0.6) is 11.5 Å². The van der Waals surface area contributed by atoms with Crippen molar-refractivity contribution in [1.29, 1.82) is 0 Å². The van der Waals surface area contributed by atoms with Gasteiger partial charge in [0.25, 0.3) is 0 Å². The number of hydrogen-bond donors (Lipinski definition) is 1. The lowest BCUT2D eigenvalue weighted by atomic mass is 9.94. The SMILES string of the molecule is COc1cc(OC)cc(N(CCC2CCNCC2)c2ccc3ncc(-c4cnn(C)c4)nc3c2)c1. The minimum absolute atomic E-state index is 0.712. The van der Waals surface area contributed by atoms with Crippen molar-refractivity contribution < 1.29 is 9.47 Å². The molecule has 0 aliphatic carbocycles. The van der Waals surface area contributed by atoms with E-state index in [1.54, 1.807) is 25.1 Å². The second-order valence-corrected chi connectivity index (χ2v) is 9.04. The Morgan fingerprint density at radius 1 is 0.971 bits per heavy atom. The van der Waals surface area contributed by atoms with Gasteiger partial charge >= 0.3 is 0 Å². The van der Waals surface area contributed by atoms with E-state index in [-0.39, 0.29) is 0 Å². The topological polar surface area (TPSA) is 77.3 Å². The molecular formula is C27H32N6O2. The molecule has 1 aliphatic rings. The molecule has 0 bridgehead atoms. The average molecular weight is 473 g/mol. The van der Waals surface area contributed by atoms with Gasteiger partial charge in [-0.25, -0.2) is 4.98 Å². The second-order valence-electron chi connectivity index (χ2n) is 9.04. The summed E-state index contributed by atoms with van der Waals surface area (Å²) in [5.74, 6) is 2.25. The molecule has 0 spiro atoms. The Bertz CT molecular complexity index is 1280. The highest BCUT2D eigenvalue weighted by Crippen LogP contribution is 2.35. The Hall–Kier alpha value is -3.65. The molecule has 2 aromatic carbocycles. The van der Waals surface area contributed by atoms with E-state index in [0.717, 1.165) is 71.2 Å². The highest BCUT2D eigenvalue weighted by Gasteiger charge is 2.18. The maximum Gasteiger partial charge on any atom is 0.124 e. The summed E-state index contributed by atoms with van der Waals surface area (Å²) in [5, 5.41) is 7.74. The first-order chi connectivity index (χ1) is 17.1. The maximum absolute atomic E-state index is 5.57. The molecule has 0 radical (unpaired) electrons. The lowest BCUT2D eigenvalue weighted by Crippen LogP contribution is -2.30. The molecule has 0 amide bonds. The quantitative estimate of drug-likeness (QED) is 0.402. The molecule has 5 rings (SSSR count). The molecule has 0 unspecified atom stereocenters. The van der Waals surface area contributed by atoms with Gasteiger partial charge in [0.15, 0.2) is 0 Å². The number of piperidine rings is 1. The number of fused-ring (bicyclic) bond motifs is 1. The van der Waals surface area contributed by atoms with Crippen molar-refractivity contribution in [2.24, 2.45) is 13.0 Å². The van der Waals surface area contributed by atoms with Crippen molar-refractivity contribution in [2.45, 2.75) is 19.3 Å². The van der Waals surface area contributed by atoms with Crippen LogP contribution >= 0.6 is 0 Å². The third-order valence-electron chi connectivity index (χ3n) is 6.71. The Balaban J connectivity index is 1.53. The van der Waals surface area contributed by atoms with Gasteiger partial charge < -0.3 is 19.7 Å². The molecule has 0 atom stereocenters. The van der Waals surface area contributed by atoms with Gasteiger partial charge in [0.1, 0.15) is 11.5 Å². The number of hydrogen-bond acceptors (Lipinski definition) is 7. The molecule has 1 aliphatic heterocycles. The van der Waals surface area contributed by atoms with Crippen molar-refractivity contribution in [3.63, 3.8) is 0 Å². The van der Waals surface area contributed by atoms with Crippen LogP contribution in [0.15, 0.2) is 55.0 Å². The Kier molecular flexibility index (Phi) is 6.81. The summed E-state index contributed by atoms with van der Waals surface area (Å²) in [6.45, 7) is 3.09. The summed E-state index contributed by atoms with van der Waals surface area (Å²) < 4.78 is 12.9. The zero-order valence-electron chi connectivity index (χ0n) is 20.6. The van der Waals surface area contributed by atoms with Crippen molar-refractivity contribution in [1.82, 2.24) is 25.1 Å². The number of anilines is 2. The molecule has 182 valence electrons. The smallest absolute Gasteiger partial charge is 0.124 e. The van der Waals surface area contributed by atoms with Crippen LogP contribution in [0.2, 0.25) is 0 Å². The molecule has 3 heterocycles. The van der Waals surface area contributed by atoms with E-state index in [9.17, 15) is 0 Å². The fourth-order valence-corrected chi connectivity index (χ4v) is 4.70. The van der Waals surface area contributed by atoms with Crippen LogP contribution in [0.4, 0.5) is 11.4 Å². The number of rotatable bonds is 8. The maximum atomic E-state index is 5.57. The largest absolute Gasteiger partial charge is 0.497 e. The number of aryl methyl sites for hydroxylation is 1. The number of aromatic nitrogens is 4. The fourth-order valence-electron chi connectivity index (χ4n) is 4.70. The van der Waals surface area contributed by atoms with E-state index in [1.807, 2.05) is 31.6 Å². The molecule has 4 aromatic rings. The van der Waals surface area contributed by atoms with E-state index >= 15 is 0 Å². The summed E-state index contributed by atoms with van der Waals surface area (Å²) in [7, 11) is 5.27. The zero-order chi connectivity index (χ0) is 24.2. The number of nitrogens with one attached hydrogen (secondary N) is 1. The van der Waals surface area contributed by atoms with Gasteiger partial charge in [-0.15, -0.1) is 0 Å². The van der Waals surface area contributed by atoms with Crippen LogP contribution in [0.1, 0.15) is 19.3 Å². The van der Waals surface area contributed by atoms with Crippen LogP contribution < -0.4 is 19.7 Å². The first-order valence-corrected chi connectivity index (χ1v) is 12.1. The van der Waals surface area contributed by atoms with Gasteiger partial charge in [-0.1, -0.05) is 0 Å². The number of benzene rings is 2. The second kappa shape index (κ2) is 10.3. The molecule has 0 saturated carbocycles. The highest BCUT2D eigenvalue weighted by atomic mass is 16.5. The highest BCUT2D eigenvalue weighted by molar-refractivity contribution is 5.82. The van der Waals surface area contributed by atoms with E-state index < -0.39 is 0 Å². The monoisotopic (exact) mass is 472 g/mol. The van der Waals surface area contributed by atoms with Crippen molar-refractivity contribution in [2.75, 3.05) is 38.8 Å². The minimum atomic E-state index is 0.712. The summed E-state index contributed by atoms with van der Waals surface area (Å²) in [6, 6.07) is 12.3. The average Bonchev–Trinajstić information content (AvgIpc) is 3.35. The Labute approximate surface area is 205 Å². The fraction of sp³-hybridized carbons (Fsp3) is 0.370. The van der Waals surface area contributed by atoms with Gasteiger partial charge in [-0.05, 0) is 56.5 Å². The first kappa shape index (κ1) is 23.1. The summed E-state index contributed by atoms with van der Waals surface area (Å²) in [6.07, 6.45) is 9.11. The molecular weight excluding hydrogens is 440 g/mol. The predicted molar refractivity (Wildman–Crippen MR) is 139 cm³/mol. The van der Waals surface area contributed by atoms with E-state index in [1.165, 1.54) is 12.8 Å². The van der Waals surface area contributed by atoms with Gasteiger partial charge in [0.2, 0.25) is 0 Å². The molecule has 1 N–H and O–H groups in total. The number of methoxy groups -OCH3 is 2. The van der Waals surface area contributed by atoms with Crippen LogP contribution in [0, 0.1) is 5.92 Å². The van der Waals surface area contributed by atoms with E-state index in [4.69, 9.17) is 14.5 Å². The molecule has 1 saturated heterocycles. The number of ether oxygens (including phenoxy) is 2. The predicted octanol–water partition coefficient (Wildman–Crippen LogP) is 4.58. The lowest BCUT2D eigenvalue weighted by molar-refractivity contribution is 0.357. The van der Waals surface area contributed by atoms with Gasteiger partial charge in [0, 0.05) is 54.9 Å². The third-order valence-corrected chi connectivity index (χ3v) is 6.71. The summed E-state index contributed by atoms with van der Waals surface area (Å²) in [5.41, 5.74) is 5.58. The van der Waals surface area contributed by atoms with Gasteiger partial charge in [-0.3, -0.25) is 9.67 Å². The molecule has 8 heteroatoms. The molecule has 2 aromatic heterocycles. The summed E-state index contributed by atoms with van der Waals surface area (Å²) in [4.78, 5) is 11.9. The van der Waals surface area contributed by atoms with Gasteiger partial charge in [-0.2, -0.15) is 5.10 Å². The van der Waals surface area contributed by atoms with Crippen LogP contribution in [0.25, 0.3) is 22.3 Å². The van der Waals surface area contributed by atoms with E-state index in [0.29, 0.717) is 5.92 Å². The summed E-state index contributed by atoms with van der Waals surface area (Å²) >= 11 is 0. The van der Waals surface area contributed by atoms with Crippen molar-refractivity contribution >= 4 is 22.4 Å². The van der Waals surface area contributed by atoms with Crippen LogP contribution in [0.3, 0.4) is 0 Å². The molecule has 8 nitrogen and oxygen atoms in total. The molecule has 35 heavy (non-hydrogen) atoms. The molecule has 1 fully saturated rings. The minimum Gasteiger partial charge on any atom is -0.497 e.